The van der Waals surface area contributed by atoms with Gasteiger partial charge in [0.15, 0.2) is 0 Å². The van der Waals surface area contributed by atoms with Gasteiger partial charge in [-0.25, -0.2) is 0 Å². The van der Waals surface area contributed by atoms with Crippen LogP contribution in [0.15, 0.2) is 66.0 Å². The molecule has 3 aromatic rings. The minimum absolute atomic E-state index is 0.229. The number of anilines is 1. The minimum atomic E-state index is -0.622. The number of hydrogen-bond acceptors (Lipinski definition) is 5. The molecule has 0 saturated carbocycles. The van der Waals surface area contributed by atoms with Gasteiger partial charge in [-0.05, 0) is 47.3 Å². The van der Waals surface area contributed by atoms with Crippen LogP contribution in [-0.2, 0) is 11.3 Å². The summed E-state index contributed by atoms with van der Waals surface area (Å²) in [5.41, 5.74) is 7.11. The lowest BCUT2D eigenvalue weighted by atomic mass is 10.1. The SMILES string of the molecule is NC(=O)CNC(=O)c1ccc(CNC(=O)c2cccc(NC(=O)c3cccs3)c2)cc1. The second kappa shape index (κ2) is 10.2. The van der Waals surface area contributed by atoms with Crippen molar-refractivity contribution in [2.24, 2.45) is 5.73 Å². The Morgan fingerprint density at radius 1 is 0.806 bits per heavy atom. The van der Waals surface area contributed by atoms with Crippen molar-refractivity contribution < 1.29 is 19.2 Å². The number of carbonyl (C=O) groups is 4. The monoisotopic (exact) mass is 436 g/mol. The summed E-state index contributed by atoms with van der Waals surface area (Å²) in [7, 11) is 0. The molecule has 1 heterocycles. The minimum Gasteiger partial charge on any atom is -0.368 e. The van der Waals surface area contributed by atoms with Crippen molar-refractivity contribution in [2.75, 3.05) is 11.9 Å². The van der Waals surface area contributed by atoms with Crippen LogP contribution in [0.2, 0.25) is 0 Å². The average Bonchev–Trinajstić information content (AvgIpc) is 3.31. The van der Waals surface area contributed by atoms with Gasteiger partial charge in [0, 0.05) is 23.4 Å². The highest BCUT2D eigenvalue weighted by molar-refractivity contribution is 7.12. The molecule has 9 heteroatoms. The fraction of sp³-hybridized carbons (Fsp3) is 0.0909. The molecule has 3 rings (SSSR count). The van der Waals surface area contributed by atoms with Crippen LogP contribution in [0.1, 0.15) is 36.0 Å². The van der Waals surface area contributed by atoms with Gasteiger partial charge in [-0.3, -0.25) is 19.2 Å². The quantitative estimate of drug-likeness (QED) is 0.431. The molecule has 8 nitrogen and oxygen atoms in total. The fourth-order valence-electron chi connectivity index (χ4n) is 2.67. The molecule has 158 valence electrons. The fourth-order valence-corrected chi connectivity index (χ4v) is 3.29. The van der Waals surface area contributed by atoms with Gasteiger partial charge in [-0.1, -0.05) is 24.3 Å². The van der Waals surface area contributed by atoms with Crippen LogP contribution in [0.3, 0.4) is 0 Å². The van der Waals surface area contributed by atoms with Gasteiger partial charge in [-0.15, -0.1) is 11.3 Å². The molecule has 0 unspecified atom stereocenters. The molecule has 31 heavy (non-hydrogen) atoms. The van der Waals surface area contributed by atoms with Gasteiger partial charge in [0.2, 0.25) is 5.91 Å². The number of carbonyl (C=O) groups excluding carboxylic acids is 4. The predicted molar refractivity (Wildman–Crippen MR) is 118 cm³/mol. The molecule has 0 fully saturated rings. The van der Waals surface area contributed by atoms with E-state index >= 15 is 0 Å². The molecule has 0 atom stereocenters. The van der Waals surface area contributed by atoms with Gasteiger partial charge in [0.1, 0.15) is 0 Å². The molecule has 4 amide bonds. The zero-order chi connectivity index (χ0) is 22.2. The molecular formula is C22H20N4O4S. The maximum atomic E-state index is 12.5. The predicted octanol–water partition coefficient (Wildman–Crippen LogP) is 2.15. The molecular weight excluding hydrogens is 416 g/mol. The molecule has 5 N–H and O–H groups in total. The first-order chi connectivity index (χ1) is 14.9. The second-order valence-corrected chi connectivity index (χ2v) is 7.49. The van der Waals surface area contributed by atoms with Crippen molar-refractivity contribution in [3.63, 3.8) is 0 Å². The maximum Gasteiger partial charge on any atom is 0.265 e. The van der Waals surface area contributed by atoms with Crippen LogP contribution in [0, 0.1) is 0 Å². The van der Waals surface area contributed by atoms with Gasteiger partial charge >= 0.3 is 0 Å². The molecule has 1 aromatic heterocycles. The lowest BCUT2D eigenvalue weighted by Gasteiger charge is -2.09. The first-order valence-electron chi connectivity index (χ1n) is 9.31. The third kappa shape index (κ3) is 6.25. The average molecular weight is 436 g/mol. The third-order valence-electron chi connectivity index (χ3n) is 4.22. The lowest BCUT2D eigenvalue weighted by molar-refractivity contribution is -0.117. The highest BCUT2D eigenvalue weighted by Crippen LogP contribution is 2.15. The Kier molecular flexibility index (Phi) is 7.13. The molecule has 0 spiro atoms. The summed E-state index contributed by atoms with van der Waals surface area (Å²) in [6.07, 6.45) is 0. The normalized spacial score (nSPS) is 10.2. The van der Waals surface area contributed by atoms with E-state index in [0.29, 0.717) is 21.7 Å². The summed E-state index contributed by atoms with van der Waals surface area (Å²) >= 11 is 1.34. The molecule has 0 aliphatic carbocycles. The summed E-state index contributed by atoms with van der Waals surface area (Å²) in [6, 6.07) is 16.8. The number of primary amides is 1. The van der Waals surface area contributed by atoms with E-state index in [1.165, 1.54) is 11.3 Å². The van der Waals surface area contributed by atoms with Crippen molar-refractivity contribution in [1.29, 1.82) is 0 Å². The highest BCUT2D eigenvalue weighted by Gasteiger charge is 2.11. The van der Waals surface area contributed by atoms with Gasteiger partial charge in [0.25, 0.3) is 17.7 Å². The van der Waals surface area contributed by atoms with Gasteiger partial charge in [-0.2, -0.15) is 0 Å². The van der Waals surface area contributed by atoms with Crippen molar-refractivity contribution >= 4 is 40.7 Å². The summed E-state index contributed by atoms with van der Waals surface area (Å²) in [5.74, 6) is -1.55. The molecule has 2 aromatic carbocycles. The standard InChI is InChI=1S/C22H20N4O4S/c23-19(27)13-25-20(28)15-8-6-14(7-9-15)12-24-21(29)16-3-1-4-17(11-16)26-22(30)18-5-2-10-31-18/h1-11H,12-13H2,(H2,23,27)(H,24,29)(H,25,28)(H,26,30). The summed E-state index contributed by atoms with van der Waals surface area (Å²) in [6.45, 7) is 0.0251. The Bertz CT molecular complexity index is 1090. The van der Waals surface area contributed by atoms with E-state index < -0.39 is 11.8 Å². The molecule has 0 aliphatic rings. The molecule has 0 saturated heterocycles. The largest absolute Gasteiger partial charge is 0.368 e. The van der Waals surface area contributed by atoms with Crippen LogP contribution in [0.5, 0.6) is 0 Å². The Morgan fingerprint density at radius 2 is 1.55 bits per heavy atom. The van der Waals surface area contributed by atoms with Gasteiger partial charge in [0.05, 0.1) is 11.4 Å². The highest BCUT2D eigenvalue weighted by atomic mass is 32.1. The smallest absolute Gasteiger partial charge is 0.265 e. The zero-order valence-corrected chi connectivity index (χ0v) is 17.2. The van der Waals surface area contributed by atoms with E-state index in [-0.39, 0.29) is 24.9 Å². The summed E-state index contributed by atoms with van der Waals surface area (Å²) in [4.78, 5) is 47.8. The third-order valence-corrected chi connectivity index (χ3v) is 5.09. The summed E-state index contributed by atoms with van der Waals surface area (Å²) in [5, 5.41) is 9.80. The first kappa shape index (κ1) is 21.7. The van der Waals surface area contributed by atoms with Crippen LogP contribution < -0.4 is 21.7 Å². The Morgan fingerprint density at radius 3 is 2.23 bits per heavy atom. The van der Waals surface area contributed by atoms with E-state index in [1.807, 2.05) is 5.38 Å². The second-order valence-electron chi connectivity index (χ2n) is 6.54. The van der Waals surface area contributed by atoms with E-state index in [9.17, 15) is 19.2 Å². The Balaban J connectivity index is 1.55. The number of amides is 4. The van der Waals surface area contributed by atoms with Crippen LogP contribution in [0.25, 0.3) is 0 Å². The first-order valence-corrected chi connectivity index (χ1v) is 10.2. The van der Waals surface area contributed by atoms with Crippen LogP contribution in [-0.4, -0.2) is 30.2 Å². The van der Waals surface area contributed by atoms with Crippen LogP contribution in [0.4, 0.5) is 5.69 Å². The number of benzene rings is 2. The van der Waals surface area contributed by atoms with Crippen molar-refractivity contribution in [3.05, 3.63) is 87.6 Å². The number of nitrogens with one attached hydrogen (secondary N) is 3. The van der Waals surface area contributed by atoms with Crippen molar-refractivity contribution in [3.8, 4) is 0 Å². The maximum absolute atomic E-state index is 12.5. The van der Waals surface area contributed by atoms with E-state index in [1.54, 1.807) is 60.7 Å². The lowest BCUT2D eigenvalue weighted by Crippen LogP contribution is -2.33. The molecule has 0 radical (unpaired) electrons. The van der Waals surface area contributed by atoms with E-state index in [4.69, 9.17) is 5.73 Å². The van der Waals surface area contributed by atoms with E-state index in [2.05, 4.69) is 16.0 Å². The van der Waals surface area contributed by atoms with Gasteiger partial charge < -0.3 is 21.7 Å². The molecule has 0 aliphatic heterocycles. The topological polar surface area (TPSA) is 130 Å². The molecule has 0 bridgehead atoms. The number of thiophene rings is 1. The zero-order valence-electron chi connectivity index (χ0n) is 16.4. The number of rotatable bonds is 8. The summed E-state index contributed by atoms with van der Waals surface area (Å²) < 4.78 is 0. The van der Waals surface area contributed by atoms with E-state index in [0.717, 1.165) is 5.56 Å². The van der Waals surface area contributed by atoms with Crippen LogP contribution >= 0.6 is 11.3 Å². The Labute approximate surface area is 182 Å². The van der Waals surface area contributed by atoms with Crippen molar-refractivity contribution in [1.82, 2.24) is 10.6 Å². The number of hydrogen-bond donors (Lipinski definition) is 4. The number of nitrogens with two attached hydrogens (primary N) is 1. The van der Waals surface area contributed by atoms with Crippen molar-refractivity contribution in [2.45, 2.75) is 6.54 Å². The Hall–Kier alpha value is -3.98.